The van der Waals surface area contributed by atoms with Gasteiger partial charge >= 0.3 is 0 Å². The molecule has 0 saturated carbocycles. The number of rotatable bonds is 6. The van der Waals surface area contributed by atoms with E-state index in [-0.39, 0.29) is 4.75 Å². The van der Waals surface area contributed by atoms with Crippen molar-refractivity contribution in [1.82, 2.24) is 4.98 Å². The van der Waals surface area contributed by atoms with E-state index >= 15 is 0 Å². The number of hydrogen-bond acceptors (Lipinski definition) is 3. The molecule has 0 atom stereocenters. The monoisotopic (exact) mass is 399 g/mol. The van der Waals surface area contributed by atoms with Crippen molar-refractivity contribution in [2.24, 2.45) is 0 Å². The van der Waals surface area contributed by atoms with E-state index in [4.69, 9.17) is 0 Å². The second kappa shape index (κ2) is 8.59. The van der Waals surface area contributed by atoms with Crippen LogP contribution in [0.4, 0.5) is 0 Å². The Kier molecular flexibility index (Phi) is 5.75. The highest BCUT2D eigenvalue weighted by molar-refractivity contribution is 8.03. The molecular weight excluding hydrogens is 378 g/mol. The lowest BCUT2D eigenvalue weighted by Gasteiger charge is -2.34. The van der Waals surface area contributed by atoms with Gasteiger partial charge in [0.25, 0.3) is 0 Å². The zero-order valence-corrected chi connectivity index (χ0v) is 17.3. The summed E-state index contributed by atoms with van der Waals surface area (Å²) in [4.78, 5) is 5.57. The average Bonchev–Trinajstić information content (AvgIpc) is 3.18. The standard InChI is InChI=1S/C25H21NS2/c1-20-24(27-19-26-20)17-18-28-25(21-11-5-2-6-12-21,22-13-7-3-8-14-22)23-15-9-4-10-16-23/h2-19H,1H3/b18-17-. The Morgan fingerprint density at radius 1 is 0.750 bits per heavy atom. The third-order valence-corrected chi connectivity index (χ3v) is 7.02. The van der Waals surface area contributed by atoms with Crippen molar-refractivity contribution in [3.8, 4) is 0 Å². The third-order valence-electron chi connectivity index (χ3n) is 4.79. The lowest BCUT2D eigenvalue weighted by molar-refractivity contribution is 0.900. The molecule has 0 spiro atoms. The van der Waals surface area contributed by atoms with Crippen LogP contribution in [0.3, 0.4) is 0 Å². The van der Waals surface area contributed by atoms with E-state index in [2.05, 4.69) is 114 Å². The maximum atomic E-state index is 4.36. The lowest BCUT2D eigenvalue weighted by Crippen LogP contribution is -2.24. The highest BCUT2D eigenvalue weighted by atomic mass is 32.2. The first-order valence-corrected chi connectivity index (χ1v) is 11.0. The fourth-order valence-corrected chi connectivity index (χ4v) is 5.40. The number of aryl methyl sites for hydroxylation is 1. The third kappa shape index (κ3) is 3.68. The lowest BCUT2D eigenvalue weighted by atomic mass is 9.84. The summed E-state index contributed by atoms with van der Waals surface area (Å²) in [5, 5.41) is 2.22. The van der Waals surface area contributed by atoms with Crippen molar-refractivity contribution in [3.05, 3.63) is 129 Å². The average molecular weight is 400 g/mol. The van der Waals surface area contributed by atoms with Crippen LogP contribution in [0.25, 0.3) is 6.08 Å². The Labute approximate surface area is 174 Å². The molecule has 0 N–H and O–H groups in total. The molecule has 3 heteroatoms. The van der Waals surface area contributed by atoms with Gasteiger partial charge in [0.2, 0.25) is 0 Å². The fourth-order valence-electron chi connectivity index (χ4n) is 3.39. The summed E-state index contributed by atoms with van der Waals surface area (Å²) in [6.07, 6.45) is 2.18. The van der Waals surface area contributed by atoms with Gasteiger partial charge in [-0.3, -0.25) is 0 Å². The van der Waals surface area contributed by atoms with Gasteiger partial charge in [-0.25, -0.2) is 4.98 Å². The molecule has 1 heterocycles. The minimum atomic E-state index is -0.321. The molecule has 0 aliphatic carbocycles. The van der Waals surface area contributed by atoms with Gasteiger partial charge in [-0.2, -0.15) is 0 Å². The predicted molar refractivity (Wildman–Crippen MR) is 123 cm³/mol. The molecule has 0 amide bonds. The molecule has 0 saturated heterocycles. The highest BCUT2D eigenvalue weighted by Crippen LogP contribution is 2.49. The normalized spacial score (nSPS) is 11.8. The van der Waals surface area contributed by atoms with E-state index in [1.807, 2.05) is 17.3 Å². The Morgan fingerprint density at radius 2 is 1.21 bits per heavy atom. The minimum absolute atomic E-state index is 0.321. The predicted octanol–water partition coefficient (Wildman–Crippen LogP) is 7.15. The maximum Gasteiger partial charge on any atom is 0.0948 e. The number of benzene rings is 3. The Bertz CT molecular complexity index is 941. The number of thioether (sulfide) groups is 1. The van der Waals surface area contributed by atoms with E-state index in [1.165, 1.54) is 21.6 Å². The summed E-state index contributed by atoms with van der Waals surface area (Å²) in [7, 11) is 0. The van der Waals surface area contributed by atoms with Gasteiger partial charge in [0.15, 0.2) is 0 Å². The maximum absolute atomic E-state index is 4.36. The van der Waals surface area contributed by atoms with Crippen LogP contribution in [0.2, 0.25) is 0 Å². The van der Waals surface area contributed by atoms with Crippen LogP contribution in [0.1, 0.15) is 27.3 Å². The van der Waals surface area contributed by atoms with E-state index in [0.29, 0.717) is 0 Å². The zero-order valence-electron chi connectivity index (χ0n) is 15.7. The summed E-state index contributed by atoms with van der Waals surface area (Å²) in [6.45, 7) is 2.06. The van der Waals surface area contributed by atoms with E-state index < -0.39 is 0 Å². The van der Waals surface area contributed by atoms with Gasteiger partial charge in [0.1, 0.15) is 0 Å². The van der Waals surface area contributed by atoms with Crippen LogP contribution in [-0.4, -0.2) is 4.98 Å². The molecule has 0 aliphatic heterocycles. The van der Waals surface area contributed by atoms with Crippen LogP contribution in [0, 0.1) is 6.92 Å². The Hall–Kier alpha value is -2.62. The van der Waals surface area contributed by atoms with Gasteiger partial charge < -0.3 is 0 Å². The van der Waals surface area contributed by atoms with Crippen molar-refractivity contribution in [2.45, 2.75) is 11.7 Å². The summed E-state index contributed by atoms with van der Waals surface area (Å²) < 4.78 is -0.321. The second-order valence-electron chi connectivity index (χ2n) is 6.50. The van der Waals surface area contributed by atoms with Crippen molar-refractivity contribution >= 4 is 29.2 Å². The SMILES string of the molecule is Cc1ncsc1/C=C\SC(c1ccccc1)(c1ccccc1)c1ccccc1. The largest absolute Gasteiger partial charge is 0.249 e. The van der Waals surface area contributed by atoms with Crippen LogP contribution in [0.5, 0.6) is 0 Å². The molecule has 4 rings (SSSR count). The van der Waals surface area contributed by atoms with E-state index in [1.54, 1.807) is 11.3 Å². The number of hydrogen-bond donors (Lipinski definition) is 0. The number of aromatic nitrogens is 1. The Balaban J connectivity index is 1.88. The van der Waals surface area contributed by atoms with Crippen LogP contribution >= 0.6 is 23.1 Å². The molecule has 4 aromatic rings. The van der Waals surface area contributed by atoms with Crippen LogP contribution in [-0.2, 0) is 4.75 Å². The molecule has 138 valence electrons. The van der Waals surface area contributed by atoms with Crippen molar-refractivity contribution in [2.75, 3.05) is 0 Å². The fraction of sp³-hybridized carbons (Fsp3) is 0.0800. The second-order valence-corrected chi connectivity index (χ2v) is 8.51. The van der Waals surface area contributed by atoms with Crippen LogP contribution in [0.15, 0.2) is 102 Å². The molecule has 1 aromatic heterocycles. The summed E-state index contributed by atoms with van der Waals surface area (Å²) in [5.41, 5.74) is 6.78. The van der Waals surface area contributed by atoms with Gasteiger partial charge in [0.05, 0.1) is 20.8 Å². The molecule has 0 radical (unpaired) electrons. The first-order chi connectivity index (χ1) is 13.8. The smallest absolute Gasteiger partial charge is 0.0948 e. The van der Waals surface area contributed by atoms with Crippen molar-refractivity contribution < 1.29 is 0 Å². The van der Waals surface area contributed by atoms with Crippen molar-refractivity contribution in [3.63, 3.8) is 0 Å². The summed E-state index contributed by atoms with van der Waals surface area (Å²) in [5.74, 6) is 0. The molecule has 28 heavy (non-hydrogen) atoms. The van der Waals surface area contributed by atoms with Crippen LogP contribution < -0.4 is 0 Å². The van der Waals surface area contributed by atoms with Crippen molar-refractivity contribution in [1.29, 1.82) is 0 Å². The first-order valence-electron chi connectivity index (χ1n) is 9.22. The molecule has 0 fully saturated rings. The number of thiazole rings is 1. The quantitative estimate of drug-likeness (QED) is 0.319. The molecule has 3 aromatic carbocycles. The zero-order chi connectivity index (χ0) is 19.2. The molecule has 0 bridgehead atoms. The molecule has 1 nitrogen and oxygen atoms in total. The van der Waals surface area contributed by atoms with Gasteiger partial charge in [0, 0.05) is 0 Å². The minimum Gasteiger partial charge on any atom is -0.249 e. The van der Waals surface area contributed by atoms with Gasteiger partial charge in [-0.1, -0.05) is 91.0 Å². The molecule has 0 unspecified atom stereocenters. The first kappa shape index (κ1) is 18.7. The Morgan fingerprint density at radius 3 is 1.61 bits per heavy atom. The summed E-state index contributed by atoms with van der Waals surface area (Å²) in [6, 6.07) is 32.3. The van der Waals surface area contributed by atoms with Gasteiger partial charge in [-0.15, -0.1) is 23.1 Å². The molecule has 0 aliphatic rings. The number of nitrogens with zero attached hydrogens (tertiary/aromatic N) is 1. The van der Waals surface area contributed by atoms with E-state index in [0.717, 1.165) is 5.69 Å². The highest BCUT2D eigenvalue weighted by Gasteiger charge is 2.36. The van der Waals surface area contributed by atoms with Gasteiger partial charge in [-0.05, 0) is 35.1 Å². The van der Waals surface area contributed by atoms with E-state index in [9.17, 15) is 0 Å². The topological polar surface area (TPSA) is 12.9 Å². The molecular formula is C25H21NS2. The summed E-state index contributed by atoms with van der Waals surface area (Å²) >= 11 is 3.51.